The molecule has 8 nitrogen and oxygen atoms in total. The Morgan fingerprint density at radius 2 is 1.89 bits per heavy atom. The van der Waals surface area contributed by atoms with Gasteiger partial charge in [-0.25, -0.2) is 13.9 Å². The van der Waals surface area contributed by atoms with E-state index in [9.17, 15) is 14.0 Å². The number of nitrogens with one attached hydrogen (secondary N) is 2. The third kappa shape index (κ3) is 6.24. The zero-order valence-corrected chi connectivity index (χ0v) is 16.4. The van der Waals surface area contributed by atoms with Crippen LogP contribution in [-0.4, -0.2) is 37.6 Å². The lowest BCUT2D eigenvalue weighted by atomic mass is 10.1. The molecule has 0 fully saturated rings. The number of hydrogen-bond acceptors (Lipinski definition) is 6. The molecule has 2 rings (SSSR count). The zero-order chi connectivity index (χ0) is 20.2. The molecule has 146 valence electrons. The van der Waals surface area contributed by atoms with E-state index < -0.39 is 22.7 Å². The number of imide groups is 1. The number of carbonyl (C=O) groups is 2. The number of nitrogens with zero attached hydrogens (tertiary/aromatic N) is 3. The minimum atomic E-state index is -0.610. The molecule has 4 N–H and O–H groups in total. The molecule has 0 saturated carbocycles. The number of nitrogen functional groups attached to an aromatic ring is 1. The Balaban J connectivity index is 1.97. The Hall–Kier alpha value is -2.62. The first-order valence-corrected chi connectivity index (χ1v) is 9.16. The predicted octanol–water partition coefficient (Wildman–Crippen LogP) is 1.83. The van der Waals surface area contributed by atoms with Crippen molar-refractivity contribution in [2.24, 2.45) is 0 Å². The molecule has 1 heterocycles. The fourth-order valence-electron chi connectivity index (χ4n) is 2.09. The zero-order valence-electron chi connectivity index (χ0n) is 15.6. The van der Waals surface area contributed by atoms with Gasteiger partial charge < -0.3 is 11.2 Å². The summed E-state index contributed by atoms with van der Waals surface area (Å²) in [5.74, 6) is 5.69. The summed E-state index contributed by atoms with van der Waals surface area (Å²) >= 11 is 1.08. The van der Waals surface area contributed by atoms with Gasteiger partial charge in [0, 0.05) is 12.0 Å². The summed E-state index contributed by atoms with van der Waals surface area (Å²) in [5.41, 5.74) is 0.379. The van der Waals surface area contributed by atoms with Gasteiger partial charge in [-0.05, 0) is 45.4 Å². The average molecular weight is 394 g/mol. The smallest absolute Gasteiger partial charge is 0.321 e. The molecule has 0 aliphatic carbocycles. The van der Waals surface area contributed by atoms with Crippen molar-refractivity contribution in [3.05, 3.63) is 41.5 Å². The fourth-order valence-corrected chi connectivity index (χ4v) is 2.88. The topological polar surface area (TPSA) is 115 Å². The van der Waals surface area contributed by atoms with Crippen LogP contribution in [-0.2, 0) is 11.2 Å². The second-order valence-corrected chi connectivity index (χ2v) is 8.33. The van der Waals surface area contributed by atoms with Crippen molar-refractivity contribution >= 4 is 23.7 Å². The molecule has 0 bridgehead atoms. The van der Waals surface area contributed by atoms with E-state index >= 15 is 0 Å². The van der Waals surface area contributed by atoms with Crippen molar-refractivity contribution in [2.45, 2.75) is 50.1 Å². The van der Waals surface area contributed by atoms with Gasteiger partial charge in [0.2, 0.25) is 11.1 Å². The summed E-state index contributed by atoms with van der Waals surface area (Å²) in [6, 6.07) is 5.43. The van der Waals surface area contributed by atoms with Crippen LogP contribution in [0.1, 0.15) is 39.1 Å². The van der Waals surface area contributed by atoms with E-state index in [0.29, 0.717) is 17.4 Å². The highest BCUT2D eigenvalue weighted by molar-refractivity contribution is 8.00. The van der Waals surface area contributed by atoms with Crippen LogP contribution >= 0.6 is 11.8 Å². The van der Waals surface area contributed by atoms with Crippen LogP contribution in [0.25, 0.3) is 0 Å². The average Bonchev–Trinajstić information content (AvgIpc) is 2.88. The SMILES string of the molecule is C[C@@H](Sc1nnc(Cc2ccc(F)cc2)n1N)C(=O)NC(=O)NC(C)(C)C. The Bertz CT molecular complexity index is 816. The van der Waals surface area contributed by atoms with E-state index in [0.717, 1.165) is 17.3 Å². The predicted molar refractivity (Wildman–Crippen MR) is 101 cm³/mol. The van der Waals surface area contributed by atoms with Crippen LogP contribution in [0.2, 0.25) is 0 Å². The van der Waals surface area contributed by atoms with Crippen LogP contribution in [0, 0.1) is 5.82 Å². The Kier molecular flexibility index (Phi) is 6.42. The highest BCUT2D eigenvalue weighted by atomic mass is 32.2. The fraction of sp³-hybridized carbons (Fsp3) is 0.412. The van der Waals surface area contributed by atoms with Crippen molar-refractivity contribution in [1.29, 1.82) is 0 Å². The molecule has 10 heteroatoms. The highest BCUT2D eigenvalue weighted by Crippen LogP contribution is 2.21. The number of hydrogen-bond donors (Lipinski definition) is 3. The van der Waals surface area contributed by atoms with E-state index in [1.807, 2.05) is 20.8 Å². The van der Waals surface area contributed by atoms with Gasteiger partial charge in [0.05, 0.1) is 5.25 Å². The summed E-state index contributed by atoms with van der Waals surface area (Å²) in [5, 5.41) is 12.7. The largest absolute Gasteiger partial charge is 0.336 e. The number of carbonyl (C=O) groups excluding carboxylic acids is 2. The molecule has 27 heavy (non-hydrogen) atoms. The molecule has 1 aromatic carbocycles. The molecular weight excluding hydrogens is 371 g/mol. The second kappa shape index (κ2) is 8.38. The number of amides is 3. The van der Waals surface area contributed by atoms with Crippen molar-refractivity contribution in [3.8, 4) is 0 Å². The summed E-state index contributed by atoms with van der Waals surface area (Å²) in [4.78, 5) is 23.9. The van der Waals surface area contributed by atoms with Gasteiger partial charge in [0.15, 0.2) is 5.82 Å². The van der Waals surface area contributed by atoms with E-state index in [-0.39, 0.29) is 5.82 Å². The minimum absolute atomic E-state index is 0.320. The van der Waals surface area contributed by atoms with Crippen molar-refractivity contribution < 1.29 is 14.0 Å². The van der Waals surface area contributed by atoms with Gasteiger partial charge in [-0.2, -0.15) is 0 Å². The quantitative estimate of drug-likeness (QED) is 0.526. The minimum Gasteiger partial charge on any atom is -0.336 e. The molecular formula is C17H23FN6O2S. The molecule has 0 spiro atoms. The van der Waals surface area contributed by atoms with Crippen LogP contribution in [0.3, 0.4) is 0 Å². The normalized spacial score (nSPS) is 12.5. The van der Waals surface area contributed by atoms with Crippen LogP contribution in [0.15, 0.2) is 29.4 Å². The van der Waals surface area contributed by atoms with E-state index in [1.54, 1.807) is 19.1 Å². The van der Waals surface area contributed by atoms with Gasteiger partial charge in [-0.15, -0.1) is 10.2 Å². The molecule has 0 aliphatic heterocycles. The number of nitrogens with two attached hydrogens (primary N) is 1. The summed E-state index contributed by atoms with van der Waals surface area (Å²) in [6.07, 6.45) is 0.374. The highest BCUT2D eigenvalue weighted by Gasteiger charge is 2.22. The first-order chi connectivity index (χ1) is 12.5. The molecule has 3 amide bonds. The first kappa shape index (κ1) is 20.7. The molecule has 0 saturated heterocycles. The van der Waals surface area contributed by atoms with Gasteiger partial charge in [-0.3, -0.25) is 10.1 Å². The first-order valence-electron chi connectivity index (χ1n) is 8.28. The Morgan fingerprint density at radius 1 is 1.26 bits per heavy atom. The monoisotopic (exact) mass is 394 g/mol. The van der Waals surface area contributed by atoms with E-state index in [2.05, 4.69) is 20.8 Å². The van der Waals surface area contributed by atoms with Crippen LogP contribution in [0.4, 0.5) is 9.18 Å². The number of urea groups is 1. The number of rotatable bonds is 5. The van der Waals surface area contributed by atoms with Crippen molar-refractivity contribution in [2.75, 3.05) is 5.84 Å². The Labute approximate surface area is 161 Å². The summed E-state index contributed by atoms with van der Waals surface area (Å²) < 4.78 is 14.3. The number of aromatic nitrogens is 3. The van der Waals surface area contributed by atoms with Gasteiger partial charge >= 0.3 is 6.03 Å². The lowest BCUT2D eigenvalue weighted by Crippen LogP contribution is -2.49. The van der Waals surface area contributed by atoms with E-state index in [1.165, 1.54) is 16.8 Å². The van der Waals surface area contributed by atoms with E-state index in [4.69, 9.17) is 5.84 Å². The van der Waals surface area contributed by atoms with Crippen LogP contribution in [0.5, 0.6) is 0 Å². The molecule has 0 radical (unpaired) electrons. The molecule has 0 aliphatic rings. The molecule has 1 aromatic heterocycles. The number of thioether (sulfide) groups is 1. The lowest BCUT2D eigenvalue weighted by molar-refractivity contribution is -0.119. The lowest BCUT2D eigenvalue weighted by Gasteiger charge is -2.21. The van der Waals surface area contributed by atoms with Gasteiger partial charge in [0.1, 0.15) is 5.82 Å². The van der Waals surface area contributed by atoms with Crippen molar-refractivity contribution in [3.63, 3.8) is 0 Å². The molecule has 0 unspecified atom stereocenters. The summed E-state index contributed by atoms with van der Waals surface area (Å²) in [6.45, 7) is 7.08. The third-order valence-corrected chi connectivity index (χ3v) is 4.44. The second-order valence-electron chi connectivity index (χ2n) is 7.03. The third-order valence-electron chi connectivity index (χ3n) is 3.39. The van der Waals surface area contributed by atoms with Crippen molar-refractivity contribution in [1.82, 2.24) is 25.5 Å². The maximum Gasteiger partial charge on any atom is 0.321 e. The molecule has 2 aromatic rings. The Morgan fingerprint density at radius 3 is 2.48 bits per heavy atom. The number of benzene rings is 1. The van der Waals surface area contributed by atoms with Gasteiger partial charge in [0.25, 0.3) is 0 Å². The standard InChI is InChI=1S/C17H23FN6O2S/c1-10(14(25)20-15(26)21-17(2,3)4)27-16-23-22-13(24(16)19)9-11-5-7-12(18)8-6-11/h5-8,10H,9,19H2,1-4H3,(H2,20,21,25,26)/t10-/m1/s1. The molecule has 1 atom stereocenters. The summed E-state index contributed by atoms with van der Waals surface area (Å²) in [7, 11) is 0. The maximum atomic E-state index is 13.0. The maximum absolute atomic E-state index is 13.0. The van der Waals surface area contributed by atoms with Crippen LogP contribution < -0.4 is 16.5 Å². The number of halogens is 1. The van der Waals surface area contributed by atoms with Gasteiger partial charge in [-0.1, -0.05) is 23.9 Å².